The van der Waals surface area contributed by atoms with Crippen LogP contribution >= 0.6 is 23.8 Å². The highest BCUT2D eigenvalue weighted by atomic mass is 35.5. The SMILES string of the molecule is O=C1NC(=S)N(c2ccc(Cl)cc2)C(=O)/C1=C/c1ccc(-n2cnc3ccccc32)cc1. The summed E-state index contributed by atoms with van der Waals surface area (Å²) in [5, 5.41) is 3.15. The summed E-state index contributed by atoms with van der Waals surface area (Å²) in [6, 6.07) is 22.0. The Kier molecular flexibility index (Phi) is 5.05. The van der Waals surface area contributed by atoms with E-state index in [2.05, 4.69) is 10.3 Å². The van der Waals surface area contributed by atoms with E-state index in [1.807, 2.05) is 53.1 Å². The van der Waals surface area contributed by atoms with Crippen LogP contribution in [-0.4, -0.2) is 26.5 Å². The third-order valence-corrected chi connectivity index (χ3v) is 5.66. The number of amides is 2. The van der Waals surface area contributed by atoms with Crippen molar-refractivity contribution in [1.82, 2.24) is 14.9 Å². The van der Waals surface area contributed by atoms with Crippen LogP contribution in [0.25, 0.3) is 22.8 Å². The predicted molar refractivity (Wildman–Crippen MR) is 129 cm³/mol. The topological polar surface area (TPSA) is 67.2 Å². The van der Waals surface area contributed by atoms with Crippen LogP contribution < -0.4 is 10.2 Å². The Morgan fingerprint density at radius 2 is 1.59 bits per heavy atom. The number of halogens is 1. The van der Waals surface area contributed by atoms with E-state index in [9.17, 15) is 9.59 Å². The molecule has 0 aliphatic carbocycles. The summed E-state index contributed by atoms with van der Waals surface area (Å²) >= 11 is 11.2. The first kappa shape index (κ1) is 20.1. The van der Waals surface area contributed by atoms with Crippen molar-refractivity contribution in [3.05, 3.63) is 95.3 Å². The van der Waals surface area contributed by atoms with Gasteiger partial charge in [0.05, 0.1) is 16.7 Å². The van der Waals surface area contributed by atoms with E-state index in [0.29, 0.717) is 16.3 Å². The predicted octanol–water partition coefficient (Wildman–Crippen LogP) is 4.51. The fourth-order valence-electron chi connectivity index (χ4n) is 3.54. The van der Waals surface area contributed by atoms with E-state index in [-0.39, 0.29) is 10.7 Å². The number of nitrogens with zero attached hydrogens (tertiary/aromatic N) is 3. The highest BCUT2D eigenvalue weighted by Gasteiger charge is 2.34. The molecule has 1 aliphatic heterocycles. The number of benzene rings is 3. The van der Waals surface area contributed by atoms with Gasteiger partial charge in [-0.2, -0.15) is 0 Å². The molecule has 0 bridgehead atoms. The van der Waals surface area contributed by atoms with E-state index in [1.54, 1.807) is 36.7 Å². The second kappa shape index (κ2) is 8.03. The van der Waals surface area contributed by atoms with E-state index in [4.69, 9.17) is 23.8 Å². The average molecular weight is 459 g/mol. The largest absolute Gasteiger partial charge is 0.299 e. The van der Waals surface area contributed by atoms with Gasteiger partial charge in [0.25, 0.3) is 11.8 Å². The molecule has 1 N–H and O–H groups in total. The van der Waals surface area contributed by atoms with Crippen molar-refractivity contribution in [2.75, 3.05) is 4.90 Å². The Morgan fingerprint density at radius 3 is 2.34 bits per heavy atom. The number of para-hydroxylation sites is 2. The van der Waals surface area contributed by atoms with Gasteiger partial charge in [0, 0.05) is 10.7 Å². The van der Waals surface area contributed by atoms with E-state index in [0.717, 1.165) is 16.7 Å². The molecule has 0 saturated carbocycles. The highest BCUT2D eigenvalue weighted by molar-refractivity contribution is 7.80. The molecule has 0 unspecified atom stereocenters. The molecular formula is C24H15ClN4O2S. The summed E-state index contributed by atoms with van der Waals surface area (Å²) in [6.07, 6.45) is 3.32. The van der Waals surface area contributed by atoms with Gasteiger partial charge in [-0.05, 0) is 72.4 Å². The molecule has 5 rings (SSSR count). The fraction of sp³-hybridized carbons (Fsp3) is 0. The molecule has 8 heteroatoms. The Hall–Kier alpha value is -3.81. The lowest BCUT2D eigenvalue weighted by atomic mass is 10.1. The minimum Gasteiger partial charge on any atom is -0.299 e. The van der Waals surface area contributed by atoms with Gasteiger partial charge in [-0.15, -0.1) is 0 Å². The maximum Gasteiger partial charge on any atom is 0.270 e. The average Bonchev–Trinajstić information content (AvgIpc) is 3.22. The smallest absolute Gasteiger partial charge is 0.270 e. The Morgan fingerprint density at radius 1 is 0.906 bits per heavy atom. The van der Waals surface area contributed by atoms with Crippen LogP contribution in [0.5, 0.6) is 0 Å². The molecule has 32 heavy (non-hydrogen) atoms. The summed E-state index contributed by atoms with van der Waals surface area (Å²) < 4.78 is 1.98. The van der Waals surface area contributed by atoms with E-state index >= 15 is 0 Å². The van der Waals surface area contributed by atoms with Crippen molar-refractivity contribution in [2.45, 2.75) is 0 Å². The number of hydrogen-bond acceptors (Lipinski definition) is 4. The molecule has 1 saturated heterocycles. The van der Waals surface area contributed by atoms with Gasteiger partial charge < -0.3 is 0 Å². The third kappa shape index (κ3) is 3.57. The van der Waals surface area contributed by atoms with Crippen LogP contribution in [0.2, 0.25) is 5.02 Å². The van der Waals surface area contributed by atoms with Gasteiger partial charge in [-0.3, -0.25) is 24.4 Å². The first-order valence-electron chi connectivity index (χ1n) is 9.71. The highest BCUT2D eigenvalue weighted by Crippen LogP contribution is 2.24. The standard InChI is InChI=1S/C24H15ClN4O2S/c25-16-7-11-18(12-8-16)29-23(31)19(22(30)27-24(29)32)13-15-5-9-17(10-6-15)28-14-26-20-3-1-2-4-21(20)28/h1-14H,(H,27,30,32)/b19-13+. The van der Waals surface area contributed by atoms with Crippen LogP contribution in [0.15, 0.2) is 84.7 Å². The zero-order valence-corrected chi connectivity index (χ0v) is 18.1. The molecule has 2 heterocycles. The lowest BCUT2D eigenvalue weighted by molar-refractivity contribution is -0.122. The summed E-state index contributed by atoms with van der Waals surface area (Å²) in [6.45, 7) is 0. The zero-order valence-electron chi connectivity index (χ0n) is 16.5. The molecule has 6 nitrogen and oxygen atoms in total. The zero-order chi connectivity index (χ0) is 22.2. The Bertz CT molecular complexity index is 1410. The second-order valence-corrected chi connectivity index (χ2v) is 7.95. The van der Waals surface area contributed by atoms with Crippen LogP contribution in [0.1, 0.15) is 5.56 Å². The molecule has 1 aliphatic rings. The number of nitrogens with one attached hydrogen (secondary N) is 1. The lowest BCUT2D eigenvalue weighted by Gasteiger charge is -2.28. The van der Waals surface area contributed by atoms with E-state index in [1.165, 1.54) is 4.90 Å². The minimum atomic E-state index is -0.533. The first-order chi connectivity index (χ1) is 15.5. The first-order valence-corrected chi connectivity index (χ1v) is 10.5. The number of thiocarbonyl (C=S) groups is 1. The van der Waals surface area contributed by atoms with Crippen molar-refractivity contribution in [1.29, 1.82) is 0 Å². The minimum absolute atomic E-state index is 0.00520. The molecule has 2 amide bonds. The van der Waals surface area contributed by atoms with Crippen molar-refractivity contribution in [3.8, 4) is 5.69 Å². The summed E-state index contributed by atoms with van der Waals surface area (Å²) in [5.41, 5.74) is 4.05. The second-order valence-electron chi connectivity index (χ2n) is 7.13. The van der Waals surface area contributed by atoms with Gasteiger partial charge in [0.1, 0.15) is 11.9 Å². The third-order valence-electron chi connectivity index (χ3n) is 5.12. The van der Waals surface area contributed by atoms with Crippen molar-refractivity contribution in [2.24, 2.45) is 0 Å². The fourth-order valence-corrected chi connectivity index (χ4v) is 3.95. The molecular weight excluding hydrogens is 444 g/mol. The summed E-state index contributed by atoms with van der Waals surface area (Å²) in [5.74, 6) is -1.03. The summed E-state index contributed by atoms with van der Waals surface area (Å²) in [7, 11) is 0. The van der Waals surface area contributed by atoms with Crippen LogP contribution in [0, 0.1) is 0 Å². The van der Waals surface area contributed by atoms with Gasteiger partial charge in [0.15, 0.2) is 5.11 Å². The number of hydrogen-bond donors (Lipinski definition) is 1. The Balaban J connectivity index is 1.46. The molecule has 1 fully saturated rings. The lowest BCUT2D eigenvalue weighted by Crippen LogP contribution is -2.54. The van der Waals surface area contributed by atoms with E-state index < -0.39 is 11.8 Å². The number of carbonyl (C=O) groups is 2. The number of aromatic nitrogens is 2. The summed E-state index contributed by atoms with van der Waals surface area (Å²) in [4.78, 5) is 31.3. The normalized spacial score (nSPS) is 15.5. The van der Waals surface area contributed by atoms with Gasteiger partial charge in [-0.1, -0.05) is 35.9 Å². The Labute approximate surface area is 193 Å². The monoisotopic (exact) mass is 458 g/mol. The maximum absolute atomic E-state index is 13.1. The molecule has 3 aromatic carbocycles. The number of fused-ring (bicyclic) bond motifs is 1. The van der Waals surface area contributed by atoms with Gasteiger partial charge in [-0.25, -0.2) is 4.98 Å². The van der Waals surface area contributed by atoms with Gasteiger partial charge in [0.2, 0.25) is 0 Å². The van der Waals surface area contributed by atoms with Crippen LogP contribution in [0.3, 0.4) is 0 Å². The number of rotatable bonds is 3. The molecule has 1 aromatic heterocycles. The number of anilines is 1. The van der Waals surface area contributed by atoms with Crippen LogP contribution in [0.4, 0.5) is 5.69 Å². The quantitative estimate of drug-likeness (QED) is 0.278. The molecule has 0 radical (unpaired) electrons. The molecule has 156 valence electrons. The van der Waals surface area contributed by atoms with Crippen LogP contribution in [-0.2, 0) is 9.59 Å². The maximum atomic E-state index is 13.1. The number of imidazole rings is 1. The van der Waals surface area contributed by atoms with Crippen molar-refractivity contribution in [3.63, 3.8) is 0 Å². The molecule has 4 aromatic rings. The van der Waals surface area contributed by atoms with Gasteiger partial charge >= 0.3 is 0 Å². The number of carbonyl (C=O) groups excluding carboxylic acids is 2. The van der Waals surface area contributed by atoms with Crippen molar-refractivity contribution < 1.29 is 9.59 Å². The molecule has 0 atom stereocenters. The molecule has 0 spiro atoms. The van der Waals surface area contributed by atoms with Crippen molar-refractivity contribution >= 4 is 63.5 Å².